The van der Waals surface area contributed by atoms with Gasteiger partial charge in [0.2, 0.25) is 0 Å². The topological polar surface area (TPSA) is 0 Å². The minimum Gasteiger partial charge on any atom is -0.103 e. The molecule has 1 aliphatic carbocycles. The minimum absolute atomic E-state index is 0.420. The summed E-state index contributed by atoms with van der Waals surface area (Å²) in [6.07, 6.45) is 14.7. The molecule has 0 aromatic rings. The van der Waals surface area contributed by atoms with Gasteiger partial charge in [0.15, 0.2) is 0 Å². The standard InChI is InChI=1S/C17H30/c1-6-8-10-15(7-2)13-17(5)12-9-11-16(3,4)14-17/h6,9,12,15H,1,7-8,10-11,13-14H2,2-5H3. The van der Waals surface area contributed by atoms with Gasteiger partial charge in [-0.1, -0.05) is 52.3 Å². The highest BCUT2D eigenvalue weighted by Gasteiger charge is 2.34. The molecule has 1 aliphatic rings. The van der Waals surface area contributed by atoms with Crippen molar-refractivity contribution in [3.63, 3.8) is 0 Å². The summed E-state index contributed by atoms with van der Waals surface area (Å²) in [6, 6.07) is 0. The van der Waals surface area contributed by atoms with E-state index in [9.17, 15) is 0 Å². The van der Waals surface area contributed by atoms with Crippen LogP contribution < -0.4 is 0 Å². The molecule has 2 unspecified atom stereocenters. The van der Waals surface area contributed by atoms with E-state index in [-0.39, 0.29) is 0 Å². The molecule has 0 spiro atoms. The van der Waals surface area contributed by atoms with Gasteiger partial charge < -0.3 is 0 Å². The Morgan fingerprint density at radius 1 is 1.35 bits per heavy atom. The largest absolute Gasteiger partial charge is 0.103 e. The first kappa shape index (κ1) is 14.5. The van der Waals surface area contributed by atoms with Crippen LogP contribution in [-0.4, -0.2) is 0 Å². The van der Waals surface area contributed by atoms with Crippen molar-refractivity contribution in [2.45, 2.75) is 66.2 Å². The molecule has 1 rings (SSSR count). The van der Waals surface area contributed by atoms with Gasteiger partial charge in [-0.25, -0.2) is 0 Å². The summed E-state index contributed by atoms with van der Waals surface area (Å²) in [7, 11) is 0. The fourth-order valence-electron chi connectivity index (χ4n) is 3.49. The third-order valence-electron chi connectivity index (χ3n) is 4.18. The molecule has 0 aliphatic heterocycles. The number of hydrogen-bond donors (Lipinski definition) is 0. The van der Waals surface area contributed by atoms with E-state index in [2.05, 4.69) is 52.5 Å². The summed E-state index contributed by atoms with van der Waals surface area (Å²) in [5.74, 6) is 0.858. The summed E-state index contributed by atoms with van der Waals surface area (Å²) in [5, 5.41) is 0. The van der Waals surface area contributed by atoms with Gasteiger partial charge in [0.25, 0.3) is 0 Å². The second kappa shape index (κ2) is 5.89. The summed E-state index contributed by atoms with van der Waals surface area (Å²) in [5.41, 5.74) is 0.907. The third-order valence-corrected chi connectivity index (χ3v) is 4.18. The van der Waals surface area contributed by atoms with Crippen molar-refractivity contribution in [3.8, 4) is 0 Å². The van der Waals surface area contributed by atoms with Crippen molar-refractivity contribution in [2.24, 2.45) is 16.7 Å². The maximum Gasteiger partial charge on any atom is -0.0139 e. The lowest BCUT2D eigenvalue weighted by atomic mass is 9.65. The second-order valence-corrected chi connectivity index (χ2v) is 6.95. The summed E-state index contributed by atoms with van der Waals surface area (Å²) < 4.78 is 0. The van der Waals surface area contributed by atoms with Crippen molar-refractivity contribution in [1.29, 1.82) is 0 Å². The van der Waals surface area contributed by atoms with Gasteiger partial charge in [-0.3, -0.25) is 0 Å². The van der Waals surface area contributed by atoms with Crippen LogP contribution >= 0.6 is 0 Å². The van der Waals surface area contributed by atoms with E-state index in [0.717, 1.165) is 5.92 Å². The zero-order chi connectivity index (χ0) is 12.9. The van der Waals surface area contributed by atoms with Crippen LogP contribution in [0, 0.1) is 16.7 Å². The Hall–Kier alpha value is -0.520. The lowest BCUT2D eigenvalue weighted by Crippen LogP contribution is -2.29. The number of allylic oxidation sites excluding steroid dienone is 3. The van der Waals surface area contributed by atoms with Gasteiger partial charge in [-0.05, 0) is 48.9 Å². The van der Waals surface area contributed by atoms with Crippen molar-refractivity contribution >= 4 is 0 Å². The number of hydrogen-bond acceptors (Lipinski definition) is 0. The molecule has 0 saturated heterocycles. The zero-order valence-corrected chi connectivity index (χ0v) is 12.3. The van der Waals surface area contributed by atoms with Crippen molar-refractivity contribution < 1.29 is 0 Å². The van der Waals surface area contributed by atoms with Gasteiger partial charge >= 0.3 is 0 Å². The lowest BCUT2D eigenvalue weighted by Gasteiger charge is -2.40. The van der Waals surface area contributed by atoms with Crippen LogP contribution in [0.3, 0.4) is 0 Å². The highest BCUT2D eigenvalue weighted by Crippen LogP contribution is 2.46. The first-order valence-corrected chi connectivity index (χ1v) is 7.19. The van der Waals surface area contributed by atoms with Crippen molar-refractivity contribution in [2.75, 3.05) is 0 Å². The summed E-state index contributed by atoms with van der Waals surface area (Å²) in [6.45, 7) is 13.4. The molecule has 0 aromatic heterocycles. The van der Waals surface area contributed by atoms with E-state index in [4.69, 9.17) is 0 Å². The summed E-state index contributed by atoms with van der Waals surface area (Å²) >= 11 is 0. The Balaban J connectivity index is 2.61. The molecule has 0 heteroatoms. The SMILES string of the molecule is C=CCCC(CC)CC1(C)C=CCC(C)(C)C1. The predicted octanol–water partition coefficient (Wildman–Crippen LogP) is 5.75. The van der Waals surface area contributed by atoms with E-state index in [1.54, 1.807) is 0 Å². The smallest absolute Gasteiger partial charge is 0.0139 e. The molecule has 17 heavy (non-hydrogen) atoms. The van der Waals surface area contributed by atoms with Gasteiger partial charge in [0.05, 0.1) is 0 Å². The quantitative estimate of drug-likeness (QED) is 0.513. The van der Waals surface area contributed by atoms with Crippen molar-refractivity contribution in [1.82, 2.24) is 0 Å². The van der Waals surface area contributed by atoms with Crippen LogP contribution in [0.4, 0.5) is 0 Å². The van der Waals surface area contributed by atoms with Crippen LogP contribution in [0.1, 0.15) is 66.2 Å². The predicted molar refractivity (Wildman–Crippen MR) is 78.1 cm³/mol. The highest BCUT2D eigenvalue weighted by molar-refractivity contribution is 5.06. The first-order valence-electron chi connectivity index (χ1n) is 7.19. The Labute approximate surface area is 108 Å². The van der Waals surface area contributed by atoms with E-state index in [1.807, 2.05) is 0 Å². The fraction of sp³-hybridized carbons (Fsp3) is 0.765. The number of rotatable bonds is 6. The maximum atomic E-state index is 3.84. The highest BCUT2D eigenvalue weighted by atomic mass is 14.4. The molecule has 0 heterocycles. The van der Waals surface area contributed by atoms with Crippen LogP contribution in [-0.2, 0) is 0 Å². The summed E-state index contributed by atoms with van der Waals surface area (Å²) in [4.78, 5) is 0. The average Bonchev–Trinajstić information content (AvgIpc) is 2.22. The Kier molecular flexibility index (Phi) is 5.04. The Morgan fingerprint density at radius 2 is 2.06 bits per heavy atom. The Morgan fingerprint density at radius 3 is 2.59 bits per heavy atom. The van der Waals surface area contributed by atoms with Crippen LogP contribution in [0.15, 0.2) is 24.8 Å². The Bertz CT molecular complexity index is 272. The molecule has 0 fully saturated rings. The average molecular weight is 234 g/mol. The minimum atomic E-state index is 0.420. The maximum absolute atomic E-state index is 3.84. The molecule has 0 saturated carbocycles. The molecule has 0 nitrogen and oxygen atoms in total. The van der Waals surface area contributed by atoms with Crippen LogP contribution in [0.25, 0.3) is 0 Å². The van der Waals surface area contributed by atoms with Gasteiger partial charge in [-0.2, -0.15) is 0 Å². The van der Waals surface area contributed by atoms with Gasteiger partial charge in [-0.15, -0.1) is 6.58 Å². The third kappa shape index (κ3) is 4.69. The zero-order valence-electron chi connectivity index (χ0n) is 12.3. The van der Waals surface area contributed by atoms with Gasteiger partial charge in [0, 0.05) is 0 Å². The molecule has 0 aromatic carbocycles. The monoisotopic (exact) mass is 234 g/mol. The fourth-order valence-corrected chi connectivity index (χ4v) is 3.49. The lowest BCUT2D eigenvalue weighted by molar-refractivity contribution is 0.167. The molecule has 0 amide bonds. The van der Waals surface area contributed by atoms with E-state index < -0.39 is 0 Å². The molecular formula is C17H30. The molecule has 0 N–H and O–H groups in total. The van der Waals surface area contributed by atoms with Crippen molar-refractivity contribution in [3.05, 3.63) is 24.8 Å². The van der Waals surface area contributed by atoms with Crippen LogP contribution in [0.5, 0.6) is 0 Å². The molecule has 2 atom stereocenters. The van der Waals surface area contributed by atoms with Gasteiger partial charge in [0.1, 0.15) is 0 Å². The normalized spacial score (nSPS) is 28.9. The van der Waals surface area contributed by atoms with E-state index >= 15 is 0 Å². The molecule has 0 radical (unpaired) electrons. The molecule has 98 valence electrons. The second-order valence-electron chi connectivity index (χ2n) is 6.95. The molecule has 0 bridgehead atoms. The first-order chi connectivity index (χ1) is 7.91. The van der Waals surface area contributed by atoms with E-state index in [1.165, 1.54) is 38.5 Å². The molecular weight excluding hydrogens is 204 g/mol. The van der Waals surface area contributed by atoms with E-state index in [0.29, 0.717) is 10.8 Å². The van der Waals surface area contributed by atoms with Crippen LogP contribution in [0.2, 0.25) is 0 Å².